The van der Waals surface area contributed by atoms with Gasteiger partial charge >= 0.3 is 5.97 Å². The standard InChI is InChI=1S/C12H22O3/c1-3-4-7-11-8-5-6-9-14-12(11)15-10(2)13/h11-12H,3-9H2,1-2H3. The van der Waals surface area contributed by atoms with Gasteiger partial charge in [-0.25, -0.2) is 0 Å². The predicted octanol–water partition coefficient (Wildman–Crippen LogP) is 2.88. The average molecular weight is 214 g/mol. The maximum Gasteiger partial charge on any atom is 0.304 e. The van der Waals surface area contributed by atoms with Crippen LogP contribution in [0.25, 0.3) is 0 Å². The lowest BCUT2D eigenvalue weighted by molar-refractivity contribution is -0.187. The Balaban J connectivity index is 2.46. The van der Waals surface area contributed by atoms with E-state index in [0.717, 1.165) is 25.9 Å². The Morgan fingerprint density at radius 3 is 2.93 bits per heavy atom. The Morgan fingerprint density at radius 2 is 2.27 bits per heavy atom. The lowest BCUT2D eigenvalue weighted by Crippen LogP contribution is -2.27. The Kier molecular flexibility index (Phi) is 5.69. The minimum Gasteiger partial charge on any atom is -0.436 e. The molecule has 2 unspecified atom stereocenters. The van der Waals surface area contributed by atoms with Gasteiger partial charge in [0.1, 0.15) is 0 Å². The number of carbonyl (C=O) groups is 1. The van der Waals surface area contributed by atoms with Gasteiger partial charge in [0, 0.05) is 12.8 Å². The first-order chi connectivity index (χ1) is 7.24. The van der Waals surface area contributed by atoms with Crippen LogP contribution in [0, 0.1) is 5.92 Å². The van der Waals surface area contributed by atoms with Crippen molar-refractivity contribution in [1.82, 2.24) is 0 Å². The Morgan fingerprint density at radius 1 is 1.47 bits per heavy atom. The topological polar surface area (TPSA) is 35.5 Å². The smallest absolute Gasteiger partial charge is 0.304 e. The van der Waals surface area contributed by atoms with E-state index in [1.807, 2.05) is 0 Å². The molecular weight excluding hydrogens is 192 g/mol. The molecule has 0 aromatic carbocycles. The van der Waals surface area contributed by atoms with Crippen LogP contribution in [0.5, 0.6) is 0 Å². The molecule has 0 N–H and O–H groups in total. The van der Waals surface area contributed by atoms with Gasteiger partial charge in [0.05, 0.1) is 6.61 Å². The van der Waals surface area contributed by atoms with Crippen molar-refractivity contribution in [3.05, 3.63) is 0 Å². The minimum absolute atomic E-state index is 0.233. The molecule has 0 radical (unpaired) electrons. The quantitative estimate of drug-likeness (QED) is 0.675. The zero-order valence-corrected chi connectivity index (χ0v) is 9.83. The third-order valence-electron chi connectivity index (χ3n) is 2.85. The lowest BCUT2D eigenvalue weighted by atomic mass is 9.96. The molecule has 0 aromatic heterocycles. The summed E-state index contributed by atoms with van der Waals surface area (Å²) in [4.78, 5) is 10.9. The molecule has 88 valence electrons. The fourth-order valence-corrected chi connectivity index (χ4v) is 2.02. The summed E-state index contributed by atoms with van der Waals surface area (Å²) in [5, 5.41) is 0. The van der Waals surface area contributed by atoms with E-state index in [1.54, 1.807) is 0 Å². The molecule has 0 saturated carbocycles. The van der Waals surface area contributed by atoms with Crippen LogP contribution in [-0.2, 0) is 14.3 Å². The van der Waals surface area contributed by atoms with Gasteiger partial charge in [-0.1, -0.05) is 26.2 Å². The van der Waals surface area contributed by atoms with Crippen molar-refractivity contribution >= 4 is 5.97 Å². The summed E-state index contributed by atoms with van der Waals surface area (Å²) >= 11 is 0. The molecule has 3 heteroatoms. The molecule has 2 atom stereocenters. The van der Waals surface area contributed by atoms with E-state index < -0.39 is 0 Å². The van der Waals surface area contributed by atoms with E-state index >= 15 is 0 Å². The molecule has 15 heavy (non-hydrogen) atoms. The highest BCUT2D eigenvalue weighted by Gasteiger charge is 2.26. The van der Waals surface area contributed by atoms with Crippen molar-refractivity contribution in [1.29, 1.82) is 0 Å². The van der Waals surface area contributed by atoms with Gasteiger partial charge in [0.15, 0.2) is 0 Å². The largest absolute Gasteiger partial charge is 0.436 e. The summed E-state index contributed by atoms with van der Waals surface area (Å²) in [6, 6.07) is 0. The highest BCUT2D eigenvalue weighted by molar-refractivity contribution is 5.66. The molecule has 0 spiro atoms. The van der Waals surface area contributed by atoms with Gasteiger partial charge in [0.25, 0.3) is 0 Å². The number of unbranched alkanes of at least 4 members (excludes halogenated alkanes) is 1. The number of hydrogen-bond donors (Lipinski definition) is 0. The summed E-state index contributed by atoms with van der Waals surface area (Å²) in [6.07, 6.45) is 6.57. The zero-order chi connectivity index (χ0) is 11.1. The number of esters is 1. The van der Waals surface area contributed by atoms with Gasteiger partial charge in [-0.2, -0.15) is 0 Å². The highest BCUT2D eigenvalue weighted by atomic mass is 16.7. The van der Waals surface area contributed by atoms with E-state index in [9.17, 15) is 4.79 Å². The second-order valence-electron chi connectivity index (χ2n) is 4.25. The van der Waals surface area contributed by atoms with Gasteiger partial charge in [-0.15, -0.1) is 0 Å². The Labute approximate surface area is 92.1 Å². The first-order valence-corrected chi connectivity index (χ1v) is 6.03. The van der Waals surface area contributed by atoms with Crippen LogP contribution < -0.4 is 0 Å². The predicted molar refractivity (Wildman–Crippen MR) is 58.4 cm³/mol. The van der Waals surface area contributed by atoms with Gasteiger partial charge in [-0.3, -0.25) is 4.79 Å². The number of ether oxygens (including phenoxy) is 2. The molecule has 3 nitrogen and oxygen atoms in total. The van der Waals surface area contributed by atoms with Crippen LogP contribution >= 0.6 is 0 Å². The van der Waals surface area contributed by atoms with Crippen LogP contribution in [0.4, 0.5) is 0 Å². The Hall–Kier alpha value is -0.570. The van der Waals surface area contributed by atoms with E-state index in [-0.39, 0.29) is 12.3 Å². The SMILES string of the molecule is CCCCC1CCCCOC1OC(C)=O. The maximum atomic E-state index is 10.9. The average Bonchev–Trinajstić information content (AvgIpc) is 2.40. The maximum absolute atomic E-state index is 10.9. The highest BCUT2D eigenvalue weighted by Crippen LogP contribution is 2.26. The van der Waals surface area contributed by atoms with Crippen molar-refractivity contribution in [2.24, 2.45) is 5.92 Å². The zero-order valence-electron chi connectivity index (χ0n) is 9.83. The molecular formula is C12H22O3. The van der Waals surface area contributed by atoms with Crippen LogP contribution in [0.1, 0.15) is 52.4 Å². The van der Waals surface area contributed by atoms with Gasteiger partial charge < -0.3 is 9.47 Å². The fraction of sp³-hybridized carbons (Fsp3) is 0.917. The van der Waals surface area contributed by atoms with Crippen LogP contribution in [0.3, 0.4) is 0 Å². The number of carbonyl (C=O) groups excluding carboxylic acids is 1. The summed E-state index contributed by atoms with van der Waals surface area (Å²) < 4.78 is 10.8. The van der Waals surface area contributed by atoms with E-state index in [0.29, 0.717) is 5.92 Å². The normalized spacial score (nSPS) is 27.1. The first-order valence-electron chi connectivity index (χ1n) is 6.03. The summed E-state index contributed by atoms with van der Waals surface area (Å²) in [5.41, 5.74) is 0. The van der Waals surface area contributed by atoms with Crippen molar-refractivity contribution < 1.29 is 14.3 Å². The number of rotatable bonds is 4. The van der Waals surface area contributed by atoms with Crippen LogP contribution in [0.2, 0.25) is 0 Å². The first kappa shape index (κ1) is 12.5. The molecule has 0 aromatic rings. The minimum atomic E-state index is -0.295. The van der Waals surface area contributed by atoms with Crippen molar-refractivity contribution in [2.75, 3.05) is 6.61 Å². The summed E-state index contributed by atoms with van der Waals surface area (Å²) in [6.45, 7) is 4.35. The van der Waals surface area contributed by atoms with Crippen LogP contribution in [0.15, 0.2) is 0 Å². The second-order valence-corrected chi connectivity index (χ2v) is 4.25. The molecule has 1 aliphatic heterocycles. The molecule has 0 bridgehead atoms. The number of hydrogen-bond acceptors (Lipinski definition) is 3. The van der Waals surface area contributed by atoms with E-state index in [2.05, 4.69) is 6.92 Å². The molecule has 1 aliphatic rings. The fourth-order valence-electron chi connectivity index (χ4n) is 2.02. The summed E-state index contributed by atoms with van der Waals surface area (Å²) in [7, 11) is 0. The molecule has 1 heterocycles. The molecule has 0 amide bonds. The van der Waals surface area contributed by atoms with Gasteiger partial charge in [-0.05, 0) is 19.3 Å². The second kappa shape index (κ2) is 6.83. The molecule has 1 rings (SSSR count). The molecule has 1 saturated heterocycles. The molecule has 0 aliphatic carbocycles. The molecule has 1 fully saturated rings. The third kappa shape index (κ3) is 4.65. The van der Waals surface area contributed by atoms with E-state index in [1.165, 1.54) is 26.2 Å². The third-order valence-corrected chi connectivity index (χ3v) is 2.85. The Bertz CT molecular complexity index is 191. The monoisotopic (exact) mass is 214 g/mol. The van der Waals surface area contributed by atoms with Gasteiger partial charge in [0.2, 0.25) is 6.29 Å². The van der Waals surface area contributed by atoms with E-state index in [4.69, 9.17) is 9.47 Å². The van der Waals surface area contributed by atoms with Crippen molar-refractivity contribution in [2.45, 2.75) is 58.7 Å². The van der Waals surface area contributed by atoms with Crippen molar-refractivity contribution in [3.63, 3.8) is 0 Å². The van der Waals surface area contributed by atoms with Crippen LogP contribution in [-0.4, -0.2) is 18.9 Å². The summed E-state index contributed by atoms with van der Waals surface area (Å²) in [5.74, 6) is 0.166. The van der Waals surface area contributed by atoms with Crippen molar-refractivity contribution in [3.8, 4) is 0 Å². The lowest BCUT2D eigenvalue weighted by Gasteiger charge is -2.23.